The zero-order valence-corrected chi connectivity index (χ0v) is 11.6. The second-order valence-corrected chi connectivity index (χ2v) is 4.05. The van der Waals surface area contributed by atoms with Crippen LogP contribution in [0.15, 0.2) is 22.8 Å². The number of hydrogen-bond acceptors (Lipinski definition) is 7. The molecule has 21 heavy (non-hydrogen) atoms. The molecule has 0 aliphatic carbocycles. The monoisotopic (exact) mass is 292 g/mol. The number of rotatable bonds is 4. The van der Waals surface area contributed by atoms with Crippen LogP contribution in [0.4, 0.5) is 5.69 Å². The first-order valence-electron chi connectivity index (χ1n) is 5.86. The van der Waals surface area contributed by atoms with Crippen LogP contribution in [0.1, 0.15) is 12.5 Å². The van der Waals surface area contributed by atoms with E-state index in [1.165, 1.54) is 39.4 Å². The van der Waals surface area contributed by atoms with Crippen LogP contribution in [0.5, 0.6) is 11.5 Å². The lowest BCUT2D eigenvalue weighted by Crippen LogP contribution is -2.02. The molecule has 1 aromatic rings. The zero-order valence-electron chi connectivity index (χ0n) is 11.6. The third kappa shape index (κ3) is 2.69. The number of ether oxygens (including phenoxy) is 3. The van der Waals surface area contributed by atoms with Crippen LogP contribution in [0, 0.1) is 10.1 Å². The molecule has 0 radical (unpaired) electrons. The van der Waals surface area contributed by atoms with Crippen LogP contribution in [0.2, 0.25) is 0 Å². The molecular formula is C13H12N2O6. The van der Waals surface area contributed by atoms with Gasteiger partial charge in [0, 0.05) is 6.92 Å². The van der Waals surface area contributed by atoms with Gasteiger partial charge in [-0.1, -0.05) is 0 Å². The Labute approximate surface area is 119 Å². The molecule has 8 heteroatoms. The summed E-state index contributed by atoms with van der Waals surface area (Å²) in [7, 11) is 2.68. The number of carbonyl (C=O) groups is 1. The molecule has 1 aliphatic rings. The Kier molecular flexibility index (Phi) is 3.88. The largest absolute Gasteiger partial charge is 0.493 e. The number of methoxy groups -OCH3 is 2. The molecule has 0 saturated carbocycles. The second kappa shape index (κ2) is 5.61. The van der Waals surface area contributed by atoms with Gasteiger partial charge in [-0.3, -0.25) is 10.1 Å². The molecule has 0 aromatic heterocycles. The second-order valence-electron chi connectivity index (χ2n) is 4.05. The summed E-state index contributed by atoms with van der Waals surface area (Å²) >= 11 is 0. The van der Waals surface area contributed by atoms with Gasteiger partial charge < -0.3 is 14.2 Å². The fraction of sp³-hybridized carbons (Fsp3) is 0.231. The van der Waals surface area contributed by atoms with Gasteiger partial charge in [-0.05, 0) is 18.2 Å². The summed E-state index contributed by atoms with van der Waals surface area (Å²) in [5.41, 5.74) is -0.150. The highest BCUT2D eigenvalue weighted by atomic mass is 16.6. The van der Waals surface area contributed by atoms with Crippen molar-refractivity contribution in [2.24, 2.45) is 4.99 Å². The van der Waals surface area contributed by atoms with E-state index in [9.17, 15) is 14.9 Å². The van der Waals surface area contributed by atoms with Gasteiger partial charge in [-0.2, -0.15) is 0 Å². The number of esters is 1. The minimum absolute atomic E-state index is 0.0113. The lowest BCUT2D eigenvalue weighted by atomic mass is 10.1. The van der Waals surface area contributed by atoms with Gasteiger partial charge >= 0.3 is 11.7 Å². The predicted molar refractivity (Wildman–Crippen MR) is 73.4 cm³/mol. The summed E-state index contributed by atoms with van der Waals surface area (Å²) < 4.78 is 14.8. The number of nitro benzene ring substituents is 1. The van der Waals surface area contributed by atoms with Crippen molar-refractivity contribution in [1.82, 2.24) is 0 Å². The first-order valence-corrected chi connectivity index (χ1v) is 5.86. The number of cyclic esters (lactones) is 1. The van der Waals surface area contributed by atoms with Gasteiger partial charge in [0.25, 0.3) is 0 Å². The van der Waals surface area contributed by atoms with Gasteiger partial charge in [0.2, 0.25) is 5.75 Å². The number of aliphatic imine (C=N–C) groups is 1. The zero-order chi connectivity index (χ0) is 15.6. The third-order valence-corrected chi connectivity index (χ3v) is 2.75. The highest BCUT2D eigenvalue weighted by Gasteiger charge is 2.27. The summed E-state index contributed by atoms with van der Waals surface area (Å²) in [6.07, 6.45) is 1.28. The molecular weight excluding hydrogens is 280 g/mol. The van der Waals surface area contributed by atoms with Gasteiger partial charge in [-0.15, -0.1) is 0 Å². The third-order valence-electron chi connectivity index (χ3n) is 2.75. The van der Waals surface area contributed by atoms with Crippen molar-refractivity contribution in [2.75, 3.05) is 14.2 Å². The molecule has 1 aliphatic heterocycles. The SMILES string of the molecule is COc1ccc(/C=C2\N=C(C)OC2=O)c([N+](=O)[O-])c1OC. The maximum atomic E-state index is 11.5. The Balaban J connectivity index is 2.62. The van der Waals surface area contributed by atoms with Crippen LogP contribution in [0.3, 0.4) is 0 Å². The molecule has 2 rings (SSSR count). The number of nitro groups is 1. The molecule has 0 spiro atoms. The molecule has 0 bridgehead atoms. The summed E-state index contributed by atoms with van der Waals surface area (Å²) in [5.74, 6) is -0.269. The summed E-state index contributed by atoms with van der Waals surface area (Å²) in [6, 6.07) is 2.96. The summed E-state index contributed by atoms with van der Waals surface area (Å²) in [6.45, 7) is 1.52. The molecule has 0 fully saturated rings. The smallest absolute Gasteiger partial charge is 0.363 e. The Hall–Kier alpha value is -2.90. The highest BCUT2D eigenvalue weighted by Crippen LogP contribution is 2.40. The maximum absolute atomic E-state index is 11.5. The summed E-state index contributed by atoms with van der Waals surface area (Å²) in [4.78, 5) is 26.1. The average Bonchev–Trinajstić information content (AvgIpc) is 2.75. The van der Waals surface area contributed by atoms with E-state index >= 15 is 0 Å². The quantitative estimate of drug-likeness (QED) is 0.364. The van der Waals surface area contributed by atoms with E-state index in [2.05, 4.69) is 4.99 Å². The predicted octanol–water partition coefficient (Wildman–Crippen LogP) is 1.93. The van der Waals surface area contributed by atoms with Crippen molar-refractivity contribution < 1.29 is 23.9 Å². The summed E-state index contributed by atoms with van der Waals surface area (Å²) in [5, 5.41) is 11.3. The van der Waals surface area contributed by atoms with E-state index < -0.39 is 10.9 Å². The topological polar surface area (TPSA) is 100 Å². The molecule has 0 saturated heterocycles. The van der Waals surface area contributed by atoms with Crippen LogP contribution in [-0.2, 0) is 9.53 Å². The lowest BCUT2D eigenvalue weighted by molar-refractivity contribution is -0.386. The number of nitrogens with zero attached hydrogens (tertiary/aromatic N) is 2. The van der Waals surface area contributed by atoms with Gasteiger partial charge in [0.15, 0.2) is 17.3 Å². The molecule has 0 atom stereocenters. The van der Waals surface area contributed by atoms with Crippen molar-refractivity contribution in [2.45, 2.75) is 6.92 Å². The standard InChI is InChI=1S/C13H12N2O6/c1-7-14-9(13(16)21-7)6-8-4-5-10(19-2)12(20-3)11(8)15(17)18/h4-6H,1-3H3/b9-6-. The van der Waals surface area contributed by atoms with E-state index in [4.69, 9.17) is 14.2 Å². The average molecular weight is 292 g/mol. The Morgan fingerprint density at radius 3 is 2.52 bits per heavy atom. The molecule has 1 heterocycles. The minimum atomic E-state index is -0.656. The van der Waals surface area contributed by atoms with E-state index in [0.29, 0.717) is 0 Å². The highest BCUT2D eigenvalue weighted by molar-refractivity contribution is 6.06. The first kappa shape index (κ1) is 14.5. The van der Waals surface area contributed by atoms with Crippen molar-refractivity contribution in [3.8, 4) is 11.5 Å². The normalized spacial score (nSPS) is 15.7. The molecule has 0 unspecified atom stereocenters. The van der Waals surface area contributed by atoms with Crippen LogP contribution in [0.25, 0.3) is 6.08 Å². The van der Waals surface area contributed by atoms with Crippen molar-refractivity contribution in [1.29, 1.82) is 0 Å². The Bertz CT molecular complexity index is 677. The maximum Gasteiger partial charge on any atom is 0.363 e. The van der Waals surface area contributed by atoms with Crippen molar-refractivity contribution >= 4 is 23.6 Å². The number of carbonyl (C=O) groups excluding carboxylic acids is 1. The lowest BCUT2D eigenvalue weighted by Gasteiger charge is -2.09. The van der Waals surface area contributed by atoms with E-state index in [1.54, 1.807) is 0 Å². The first-order chi connectivity index (χ1) is 9.97. The van der Waals surface area contributed by atoms with Crippen LogP contribution in [-0.4, -0.2) is 31.0 Å². The van der Waals surface area contributed by atoms with Crippen LogP contribution >= 0.6 is 0 Å². The van der Waals surface area contributed by atoms with Gasteiger partial charge in [0.1, 0.15) is 0 Å². The number of benzene rings is 1. The molecule has 0 N–H and O–H groups in total. The van der Waals surface area contributed by atoms with E-state index in [0.717, 1.165) is 0 Å². The van der Waals surface area contributed by atoms with Crippen molar-refractivity contribution in [3.63, 3.8) is 0 Å². The molecule has 0 amide bonds. The molecule has 8 nitrogen and oxygen atoms in total. The van der Waals surface area contributed by atoms with Gasteiger partial charge in [-0.25, -0.2) is 9.79 Å². The fourth-order valence-corrected chi connectivity index (χ4v) is 1.89. The van der Waals surface area contributed by atoms with Crippen LogP contribution < -0.4 is 9.47 Å². The van der Waals surface area contributed by atoms with E-state index in [-0.39, 0.29) is 34.3 Å². The minimum Gasteiger partial charge on any atom is -0.493 e. The number of hydrogen-bond donors (Lipinski definition) is 0. The van der Waals surface area contributed by atoms with Crippen molar-refractivity contribution in [3.05, 3.63) is 33.5 Å². The Morgan fingerprint density at radius 1 is 1.33 bits per heavy atom. The van der Waals surface area contributed by atoms with E-state index in [1.807, 2.05) is 0 Å². The van der Waals surface area contributed by atoms with Gasteiger partial charge in [0.05, 0.1) is 24.7 Å². The Morgan fingerprint density at radius 2 is 2.05 bits per heavy atom. The molecule has 110 valence electrons. The fourth-order valence-electron chi connectivity index (χ4n) is 1.89. The molecule has 1 aromatic carbocycles.